The van der Waals surface area contributed by atoms with E-state index in [1.54, 1.807) is 18.2 Å². The van der Waals surface area contributed by atoms with Crippen molar-refractivity contribution in [1.29, 1.82) is 0 Å². The average molecular weight is 479 g/mol. The zero-order valence-corrected chi connectivity index (χ0v) is 18.7. The number of aromatic nitrogens is 1. The Kier molecular flexibility index (Phi) is 7.09. The maximum atomic E-state index is 12.6. The van der Waals surface area contributed by atoms with Gasteiger partial charge in [0.25, 0.3) is 5.91 Å². The summed E-state index contributed by atoms with van der Waals surface area (Å²) in [6.07, 6.45) is 4.41. The zero-order chi connectivity index (χ0) is 20.1. The van der Waals surface area contributed by atoms with Crippen molar-refractivity contribution in [2.24, 2.45) is 0 Å². The molecule has 1 saturated heterocycles. The number of rotatable bonds is 7. The molecule has 3 rings (SSSR count). The molecule has 1 aliphatic rings. The van der Waals surface area contributed by atoms with Crippen LogP contribution in [0.3, 0.4) is 0 Å². The fraction of sp³-hybridized carbons (Fsp3) is 0.250. The number of methoxy groups -OCH3 is 1. The zero-order valence-electron chi connectivity index (χ0n) is 15.5. The molecule has 28 heavy (non-hydrogen) atoms. The first-order valence-corrected chi connectivity index (χ1v) is 10.7. The van der Waals surface area contributed by atoms with E-state index in [9.17, 15) is 4.79 Å². The topological polar surface area (TPSA) is 51.7 Å². The lowest BCUT2D eigenvalue weighted by molar-refractivity contribution is -0.122. The van der Waals surface area contributed by atoms with Gasteiger partial charge in [0.1, 0.15) is 10.9 Å². The number of benzene rings is 1. The van der Waals surface area contributed by atoms with Gasteiger partial charge in [0.05, 0.1) is 22.2 Å². The molecule has 2 aromatic rings. The number of pyridine rings is 1. The van der Waals surface area contributed by atoms with Crippen LogP contribution in [0, 0.1) is 0 Å². The number of carbonyl (C=O) groups is 1. The first-order valence-electron chi connectivity index (χ1n) is 8.69. The summed E-state index contributed by atoms with van der Waals surface area (Å²) in [6.45, 7) is 2.98. The molecule has 0 spiro atoms. The highest BCUT2D eigenvalue weighted by atomic mass is 79.9. The maximum absolute atomic E-state index is 12.6. The van der Waals surface area contributed by atoms with E-state index in [2.05, 4.69) is 20.9 Å². The van der Waals surface area contributed by atoms with E-state index in [0.29, 0.717) is 33.9 Å². The standard InChI is InChI=1S/C20H19BrN2O3S2/c1-3-8-23-19(24)17(28-20(23)27)11-13-9-15(21)18(16(10-13)25-2)26-12-14-6-4-5-7-22-14/h4-7,9-11H,3,8,12H2,1-2H3/b17-11-. The third-order valence-corrected chi connectivity index (χ3v) is 5.93. The molecule has 1 amide bonds. The SMILES string of the molecule is CCCN1C(=O)/C(=C/c2cc(Br)c(OCc3ccccn3)c(OC)c2)SC1=S. The van der Waals surface area contributed by atoms with Gasteiger partial charge in [-0.1, -0.05) is 37.0 Å². The van der Waals surface area contributed by atoms with Crippen LogP contribution in [0.2, 0.25) is 0 Å². The van der Waals surface area contributed by atoms with Gasteiger partial charge in [-0.15, -0.1) is 0 Å². The molecule has 1 aromatic carbocycles. The van der Waals surface area contributed by atoms with E-state index in [1.807, 2.05) is 43.3 Å². The van der Waals surface area contributed by atoms with Crippen LogP contribution in [0.5, 0.6) is 11.5 Å². The molecular formula is C20H19BrN2O3S2. The number of hydrogen-bond donors (Lipinski definition) is 0. The van der Waals surface area contributed by atoms with Crippen molar-refractivity contribution in [3.8, 4) is 11.5 Å². The minimum Gasteiger partial charge on any atom is -0.493 e. The number of hydrogen-bond acceptors (Lipinski definition) is 6. The van der Waals surface area contributed by atoms with Gasteiger partial charge in [-0.2, -0.15) is 0 Å². The van der Waals surface area contributed by atoms with Gasteiger partial charge in [-0.25, -0.2) is 0 Å². The molecule has 1 fully saturated rings. The Morgan fingerprint density at radius 3 is 2.86 bits per heavy atom. The summed E-state index contributed by atoms with van der Waals surface area (Å²) in [4.78, 5) is 19.1. The molecule has 146 valence electrons. The molecule has 0 atom stereocenters. The molecule has 0 bridgehead atoms. The Morgan fingerprint density at radius 1 is 1.36 bits per heavy atom. The Morgan fingerprint density at radius 2 is 2.18 bits per heavy atom. The van der Waals surface area contributed by atoms with E-state index >= 15 is 0 Å². The molecule has 0 unspecified atom stereocenters. The van der Waals surface area contributed by atoms with Crippen LogP contribution in [0.15, 0.2) is 45.9 Å². The molecule has 0 aliphatic carbocycles. The third-order valence-electron chi connectivity index (χ3n) is 3.96. The predicted molar refractivity (Wildman–Crippen MR) is 119 cm³/mol. The van der Waals surface area contributed by atoms with Crippen LogP contribution < -0.4 is 9.47 Å². The van der Waals surface area contributed by atoms with Gasteiger partial charge in [-0.3, -0.25) is 14.7 Å². The smallest absolute Gasteiger partial charge is 0.266 e. The Hall–Kier alpha value is -1.90. The summed E-state index contributed by atoms with van der Waals surface area (Å²) in [6, 6.07) is 9.40. The summed E-state index contributed by atoms with van der Waals surface area (Å²) in [5, 5.41) is 0. The summed E-state index contributed by atoms with van der Waals surface area (Å²) in [5.74, 6) is 1.10. The molecular weight excluding hydrogens is 460 g/mol. The minimum absolute atomic E-state index is 0.0533. The summed E-state index contributed by atoms with van der Waals surface area (Å²) in [7, 11) is 1.58. The normalized spacial score (nSPS) is 15.4. The van der Waals surface area contributed by atoms with Gasteiger partial charge in [0.2, 0.25) is 0 Å². The van der Waals surface area contributed by atoms with E-state index in [1.165, 1.54) is 11.8 Å². The number of thiocarbonyl (C=S) groups is 1. The second kappa shape index (κ2) is 9.54. The van der Waals surface area contributed by atoms with Gasteiger partial charge >= 0.3 is 0 Å². The van der Waals surface area contributed by atoms with Crippen molar-refractivity contribution in [2.75, 3.05) is 13.7 Å². The first-order chi connectivity index (χ1) is 13.5. The van der Waals surface area contributed by atoms with Gasteiger partial charge < -0.3 is 9.47 Å². The highest BCUT2D eigenvalue weighted by Crippen LogP contribution is 2.39. The minimum atomic E-state index is -0.0533. The first kappa shape index (κ1) is 20.8. The number of amides is 1. The lowest BCUT2D eigenvalue weighted by Crippen LogP contribution is -2.28. The van der Waals surface area contributed by atoms with E-state index in [-0.39, 0.29) is 5.91 Å². The Bertz CT molecular complexity index is 919. The van der Waals surface area contributed by atoms with Crippen molar-refractivity contribution >= 4 is 56.2 Å². The third kappa shape index (κ3) is 4.74. The van der Waals surface area contributed by atoms with Crippen LogP contribution in [0.1, 0.15) is 24.6 Å². The van der Waals surface area contributed by atoms with E-state index in [0.717, 1.165) is 22.2 Å². The van der Waals surface area contributed by atoms with E-state index in [4.69, 9.17) is 21.7 Å². The molecule has 1 aliphatic heterocycles. The van der Waals surface area contributed by atoms with Crippen LogP contribution in [0.25, 0.3) is 6.08 Å². The Labute approximate surface area is 182 Å². The average Bonchev–Trinajstić information content (AvgIpc) is 2.95. The molecule has 0 radical (unpaired) electrons. The van der Waals surface area contributed by atoms with Gasteiger partial charge in [0, 0.05) is 12.7 Å². The quantitative estimate of drug-likeness (QED) is 0.410. The van der Waals surface area contributed by atoms with Crippen LogP contribution in [-0.4, -0.2) is 33.8 Å². The monoisotopic (exact) mass is 478 g/mol. The molecule has 2 heterocycles. The largest absolute Gasteiger partial charge is 0.493 e. The molecule has 5 nitrogen and oxygen atoms in total. The number of ether oxygens (including phenoxy) is 2. The Balaban J connectivity index is 1.83. The van der Waals surface area contributed by atoms with E-state index < -0.39 is 0 Å². The lowest BCUT2D eigenvalue weighted by Gasteiger charge is -2.13. The second-order valence-corrected chi connectivity index (χ2v) is 8.51. The van der Waals surface area contributed by atoms with Crippen molar-refractivity contribution in [1.82, 2.24) is 9.88 Å². The molecule has 8 heteroatoms. The number of nitrogens with zero attached hydrogens (tertiary/aromatic N) is 2. The lowest BCUT2D eigenvalue weighted by atomic mass is 10.2. The number of thioether (sulfide) groups is 1. The van der Waals surface area contributed by atoms with Crippen molar-refractivity contribution in [2.45, 2.75) is 20.0 Å². The predicted octanol–water partition coefficient (Wildman–Crippen LogP) is 5.04. The molecule has 0 saturated carbocycles. The summed E-state index contributed by atoms with van der Waals surface area (Å²) in [5.41, 5.74) is 1.64. The highest BCUT2D eigenvalue weighted by molar-refractivity contribution is 9.10. The maximum Gasteiger partial charge on any atom is 0.266 e. The molecule has 0 N–H and O–H groups in total. The fourth-order valence-electron chi connectivity index (χ4n) is 2.66. The highest BCUT2D eigenvalue weighted by Gasteiger charge is 2.31. The number of carbonyl (C=O) groups excluding carboxylic acids is 1. The number of halogens is 1. The summed E-state index contributed by atoms with van der Waals surface area (Å²) < 4.78 is 12.7. The van der Waals surface area contributed by atoms with Crippen LogP contribution in [0.4, 0.5) is 0 Å². The fourth-order valence-corrected chi connectivity index (χ4v) is 4.54. The van der Waals surface area contributed by atoms with Crippen molar-refractivity contribution < 1.29 is 14.3 Å². The van der Waals surface area contributed by atoms with Crippen molar-refractivity contribution in [3.63, 3.8) is 0 Å². The molecule has 1 aromatic heterocycles. The van der Waals surface area contributed by atoms with Crippen molar-refractivity contribution in [3.05, 3.63) is 57.2 Å². The van der Waals surface area contributed by atoms with Crippen LogP contribution in [-0.2, 0) is 11.4 Å². The van der Waals surface area contributed by atoms with Gasteiger partial charge in [0.15, 0.2) is 11.5 Å². The van der Waals surface area contributed by atoms with Crippen LogP contribution >= 0.6 is 39.9 Å². The summed E-state index contributed by atoms with van der Waals surface area (Å²) >= 11 is 10.2. The second-order valence-electron chi connectivity index (χ2n) is 5.98. The van der Waals surface area contributed by atoms with Gasteiger partial charge in [-0.05, 0) is 58.3 Å².